The molecule has 3 aromatic carbocycles. The van der Waals surface area contributed by atoms with Crippen LogP contribution in [0.2, 0.25) is 0 Å². The van der Waals surface area contributed by atoms with E-state index in [9.17, 15) is 14.4 Å². The summed E-state index contributed by atoms with van der Waals surface area (Å²) < 4.78 is 4.85. The highest BCUT2D eigenvalue weighted by Gasteiger charge is 2.24. The maximum absolute atomic E-state index is 12.9. The summed E-state index contributed by atoms with van der Waals surface area (Å²) in [6, 6.07) is 21.7. The lowest BCUT2D eigenvalue weighted by Crippen LogP contribution is -2.49. The Hall–Kier alpha value is -4.13. The lowest BCUT2D eigenvalue weighted by molar-refractivity contribution is 0.0600. The van der Waals surface area contributed by atoms with Crippen LogP contribution in [0, 0.1) is 6.92 Å². The van der Waals surface area contributed by atoms with Gasteiger partial charge in [-0.15, -0.1) is 0 Å². The summed E-state index contributed by atoms with van der Waals surface area (Å²) >= 11 is 0. The zero-order chi connectivity index (χ0) is 24.1. The normalized spacial score (nSPS) is 13.4. The smallest absolute Gasteiger partial charge is 0.337 e. The molecule has 1 aliphatic rings. The number of piperazine rings is 1. The Balaban J connectivity index is 1.54. The second-order valence-corrected chi connectivity index (χ2v) is 8.19. The molecule has 0 aromatic heterocycles. The van der Waals surface area contributed by atoms with Gasteiger partial charge in [0.05, 0.1) is 24.0 Å². The number of methoxy groups -OCH3 is 1. The van der Waals surface area contributed by atoms with Crippen LogP contribution < -0.4 is 10.2 Å². The van der Waals surface area contributed by atoms with E-state index in [4.69, 9.17) is 4.74 Å². The summed E-state index contributed by atoms with van der Waals surface area (Å²) in [5.41, 5.74) is 3.93. The SMILES string of the molecule is COC(=O)c1ccc(N2CCN(C(=O)c3ccccc3)CC2)c(NC(=O)c2ccc(C)cc2)c1. The van der Waals surface area contributed by atoms with Crippen molar-refractivity contribution in [1.82, 2.24) is 4.90 Å². The predicted molar refractivity (Wildman–Crippen MR) is 131 cm³/mol. The molecule has 0 aliphatic carbocycles. The van der Waals surface area contributed by atoms with Crippen LogP contribution in [0.1, 0.15) is 36.6 Å². The van der Waals surface area contributed by atoms with Gasteiger partial charge in [-0.3, -0.25) is 9.59 Å². The molecule has 34 heavy (non-hydrogen) atoms. The van der Waals surface area contributed by atoms with Crippen LogP contribution in [0.5, 0.6) is 0 Å². The third-order valence-corrected chi connectivity index (χ3v) is 5.91. The number of benzene rings is 3. The molecule has 0 saturated carbocycles. The Morgan fingerprint density at radius 1 is 0.794 bits per heavy atom. The molecular weight excluding hydrogens is 430 g/mol. The van der Waals surface area contributed by atoms with Crippen LogP contribution in [-0.4, -0.2) is 56.0 Å². The van der Waals surface area contributed by atoms with Crippen LogP contribution in [0.15, 0.2) is 72.8 Å². The minimum absolute atomic E-state index is 0.00851. The van der Waals surface area contributed by atoms with Crippen molar-refractivity contribution >= 4 is 29.2 Å². The van der Waals surface area contributed by atoms with Crippen molar-refractivity contribution in [2.75, 3.05) is 43.5 Å². The van der Waals surface area contributed by atoms with Gasteiger partial charge < -0.3 is 19.9 Å². The van der Waals surface area contributed by atoms with Crippen LogP contribution in [-0.2, 0) is 4.74 Å². The summed E-state index contributed by atoms with van der Waals surface area (Å²) in [5, 5.41) is 2.95. The number of rotatable bonds is 5. The first-order chi connectivity index (χ1) is 16.5. The molecule has 1 heterocycles. The minimum atomic E-state index is -0.476. The fourth-order valence-electron chi connectivity index (χ4n) is 3.97. The van der Waals surface area contributed by atoms with E-state index in [0.717, 1.165) is 11.3 Å². The van der Waals surface area contributed by atoms with E-state index in [1.165, 1.54) is 7.11 Å². The summed E-state index contributed by atoms with van der Waals surface area (Å²) in [4.78, 5) is 41.7. The monoisotopic (exact) mass is 457 g/mol. The summed E-state index contributed by atoms with van der Waals surface area (Å²) in [6.07, 6.45) is 0. The number of carbonyl (C=O) groups is 3. The highest BCUT2D eigenvalue weighted by molar-refractivity contribution is 6.07. The second-order valence-electron chi connectivity index (χ2n) is 8.19. The van der Waals surface area contributed by atoms with Crippen LogP contribution in [0.25, 0.3) is 0 Å². The van der Waals surface area contributed by atoms with E-state index in [2.05, 4.69) is 10.2 Å². The maximum Gasteiger partial charge on any atom is 0.337 e. The Morgan fingerprint density at radius 2 is 1.44 bits per heavy atom. The summed E-state index contributed by atoms with van der Waals surface area (Å²) in [5.74, 6) is -0.731. The predicted octanol–water partition coefficient (Wildman–Crippen LogP) is 4.00. The van der Waals surface area contributed by atoms with E-state index in [1.807, 2.05) is 60.4 Å². The average Bonchev–Trinajstić information content (AvgIpc) is 2.88. The number of nitrogens with zero attached hydrogens (tertiary/aromatic N) is 2. The molecule has 7 nitrogen and oxygen atoms in total. The van der Waals surface area contributed by atoms with Crippen molar-refractivity contribution in [3.63, 3.8) is 0 Å². The van der Waals surface area contributed by atoms with Crippen molar-refractivity contribution in [3.8, 4) is 0 Å². The van der Waals surface area contributed by atoms with E-state index >= 15 is 0 Å². The Labute approximate surface area is 198 Å². The molecule has 0 bridgehead atoms. The quantitative estimate of drug-likeness (QED) is 0.586. The standard InChI is InChI=1S/C27H27N3O4/c1-19-8-10-20(11-9-19)25(31)28-23-18-22(27(33)34-2)12-13-24(23)29-14-16-30(17-15-29)26(32)21-6-4-3-5-7-21/h3-13,18H,14-17H2,1-2H3,(H,28,31). The molecule has 1 aliphatic heterocycles. The van der Waals surface area contributed by atoms with Gasteiger partial charge in [-0.25, -0.2) is 4.79 Å². The van der Waals surface area contributed by atoms with Crippen molar-refractivity contribution in [2.45, 2.75) is 6.92 Å². The highest BCUT2D eigenvalue weighted by atomic mass is 16.5. The zero-order valence-electron chi connectivity index (χ0n) is 19.3. The van der Waals surface area contributed by atoms with Gasteiger partial charge in [-0.2, -0.15) is 0 Å². The number of anilines is 2. The van der Waals surface area contributed by atoms with Gasteiger partial charge >= 0.3 is 5.97 Å². The number of amides is 2. The fraction of sp³-hybridized carbons (Fsp3) is 0.222. The van der Waals surface area contributed by atoms with Gasteiger partial charge in [0.25, 0.3) is 11.8 Å². The van der Waals surface area contributed by atoms with Gasteiger partial charge in [-0.1, -0.05) is 35.9 Å². The molecule has 0 spiro atoms. The first kappa shape index (κ1) is 23.0. The summed E-state index contributed by atoms with van der Waals surface area (Å²) in [7, 11) is 1.32. The lowest BCUT2D eigenvalue weighted by Gasteiger charge is -2.37. The topological polar surface area (TPSA) is 79.0 Å². The third kappa shape index (κ3) is 5.09. The number of esters is 1. The maximum atomic E-state index is 12.9. The molecule has 4 rings (SSSR count). The number of carbonyl (C=O) groups excluding carboxylic acids is 3. The molecule has 7 heteroatoms. The number of hydrogen-bond acceptors (Lipinski definition) is 5. The molecule has 2 amide bonds. The van der Waals surface area contributed by atoms with Crippen molar-refractivity contribution < 1.29 is 19.1 Å². The summed E-state index contributed by atoms with van der Waals surface area (Å²) in [6.45, 7) is 4.27. The van der Waals surface area contributed by atoms with Crippen molar-refractivity contribution in [3.05, 3.63) is 95.1 Å². The van der Waals surface area contributed by atoms with Crippen LogP contribution in [0.3, 0.4) is 0 Å². The van der Waals surface area contributed by atoms with Gasteiger partial charge in [0.2, 0.25) is 0 Å². The van der Waals surface area contributed by atoms with E-state index in [0.29, 0.717) is 48.6 Å². The molecule has 174 valence electrons. The number of nitrogens with one attached hydrogen (secondary N) is 1. The van der Waals surface area contributed by atoms with Crippen molar-refractivity contribution in [1.29, 1.82) is 0 Å². The van der Waals surface area contributed by atoms with E-state index in [1.54, 1.807) is 24.3 Å². The van der Waals surface area contributed by atoms with Gasteiger partial charge in [0, 0.05) is 37.3 Å². The molecular formula is C27H27N3O4. The fourth-order valence-corrected chi connectivity index (χ4v) is 3.97. The van der Waals surface area contributed by atoms with E-state index < -0.39 is 5.97 Å². The molecule has 3 aromatic rings. The van der Waals surface area contributed by atoms with Gasteiger partial charge in [0.1, 0.15) is 0 Å². The van der Waals surface area contributed by atoms with Crippen molar-refractivity contribution in [2.24, 2.45) is 0 Å². The Bertz CT molecular complexity index is 1180. The van der Waals surface area contributed by atoms with Gasteiger partial charge in [-0.05, 0) is 49.4 Å². The Kier molecular flexibility index (Phi) is 6.92. The molecule has 0 atom stereocenters. The van der Waals surface area contributed by atoms with E-state index in [-0.39, 0.29) is 11.8 Å². The Morgan fingerprint density at radius 3 is 2.09 bits per heavy atom. The molecule has 0 unspecified atom stereocenters. The molecule has 0 radical (unpaired) electrons. The highest BCUT2D eigenvalue weighted by Crippen LogP contribution is 2.29. The largest absolute Gasteiger partial charge is 0.465 e. The average molecular weight is 458 g/mol. The molecule has 1 saturated heterocycles. The second kappa shape index (κ2) is 10.2. The number of hydrogen-bond donors (Lipinski definition) is 1. The first-order valence-corrected chi connectivity index (χ1v) is 11.2. The molecule has 1 N–H and O–H groups in total. The van der Waals surface area contributed by atoms with Crippen LogP contribution >= 0.6 is 0 Å². The third-order valence-electron chi connectivity index (χ3n) is 5.91. The minimum Gasteiger partial charge on any atom is -0.465 e. The number of ether oxygens (including phenoxy) is 1. The lowest BCUT2D eigenvalue weighted by atomic mass is 10.1. The zero-order valence-corrected chi connectivity index (χ0v) is 19.3. The first-order valence-electron chi connectivity index (χ1n) is 11.2. The molecule has 1 fully saturated rings. The van der Waals surface area contributed by atoms with Crippen LogP contribution in [0.4, 0.5) is 11.4 Å². The number of aryl methyl sites for hydroxylation is 1. The van der Waals surface area contributed by atoms with Gasteiger partial charge in [0.15, 0.2) is 0 Å².